The zero-order valence-corrected chi connectivity index (χ0v) is 12.6. The monoisotopic (exact) mass is 330 g/mol. The highest BCUT2D eigenvalue weighted by Gasteiger charge is 2.22. The molecule has 0 aliphatic heterocycles. The van der Waals surface area contributed by atoms with Crippen molar-refractivity contribution in [1.29, 1.82) is 0 Å². The maximum absolute atomic E-state index is 11.3. The van der Waals surface area contributed by atoms with Crippen LogP contribution in [0.25, 0.3) is 11.3 Å². The normalized spacial score (nSPS) is 16.4. The van der Waals surface area contributed by atoms with Crippen LogP contribution in [0.2, 0.25) is 0 Å². The van der Waals surface area contributed by atoms with Gasteiger partial charge in [-0.3, -0.25) is 4.79 Å². The molecule has 1 saturated carbocycles. The van der Waals surface area contributed by atoms with Crippen LogP contribution in [0.4, 0.5) is 0 Å². The zero-order valence-electron chi connectivity index (χ0n) is 11.1. The lowest BCUT2D eigenvalue weighted by Crippen LogP contribution is -2.14. The van der Waals surface area contributed by atoms with Gasteiger partial charge in [0.2, 0.25) is 0 Å². The van der Waals surface area contributed by atoms with Crippen molar-refractivity contribution in [1.82, 2.24) is 9.97 Å². The number of rotatable bonds is 2. The Kier molecular flexibility index (Phi) is 3.92. The van der Waals surface area contributed by atoms with Crippen LogP contribution in [0.3, 0.4) is 0 Å². The summed E-state index contributed by atoms with van der Waals surface area (Å²) in [6.45, 7) is 0. The first-order valence-corrected chi connectivity index (χ1v) is 7.62. The smallest absolute Gasteiger partial charge is 0.132 e. The Balaban J connectivity index is 1.86. The van der Waals surface area contributed by atoms with Crippen molar-refractivity contribution in [2.24, 2.45) is 0 Å². The Morgan fingerprint density at radius 2 is 1.75 bits per heavy atom. The highest BCUT2D eigenvalue weighted by Crippen LogP contribution is 2.30. The van der Waals surface area contributed by atoms with Crippen molar-refractivity contribution in [3.63, 3.8) is 0 Å². The van der Waals surface area contributed by atoms with Crippen molar-refractivity contribution < 1.29 is 4.79 Å². The summed E-state index contributed by atoms with van der Waals surface area (Å²) < 4.78 is 1.06. The fraction of sp³-hybridized carbons (Fsp3) is 0.312. The summed E-state index contributed by atoms with van der Waals surface area (Å²) in [5.41, 5.74) is 2.03. The number of carbonyl (C=O) groups is 1. The van der Waals surface area contributed by atoms with E-state index >= 15 is 0 Å². The number of nitrogens with zero attached hydrogens (tertiary/aromatic N) is 2. The number of ketones is 1. The van der Waals surface area contributed by atoms with E-state index in [2.05, 4.69) is 25.9 Å². The van der Waals surface area contributed by atoms with E-state index in [0.717, 1.165) is 34.4 Å². The lowest BCUT2D eigenvalue weighted by molar-refractivity contribution is -0.120. The van der Waals surface area contributed by atoms with Crippen LogP contribution in [0.1, 0.15) is 37.4 Å². The molecule has 0 atom stereocenters. The van der Waals surface area contributed by atoms with Gasteiger partial charge in [0.1, 0.15) is 11.6 Å². The molecule has 4 heteroatoms. The molecular weight excluding hydrogens is 316 g/mol. The molecule has 3 nitrogen and oxygen atoms in total. The van der Waals surface area contributed by atoms with Crippen LogP contribution >= 0.6 is 15.9 Å². The fourth-order valence-electron chi connectivity index (χ4n) is 2.55. The van der Waals surface area contributed by atoms with Gasteiger partial charge in [0, 0.05) is 35.0 Å². The lowest BCUT2D eigenvalue weighted by atomic mass is 9.88. The summed E-state index contributed by atoms with van der Waals surface area (Å²) in [4.78, 5) is 20.4. The van der Waals surface area contributed by atoms with Crippen LogP contribution in [0.5, 0.6) is 0 Å². The van der Waals surface area contributed by atoms with Crippen molar-refractivity contribution in [3.05, 3.63) is 46.8 Å². The van der Waals surface area contributed by atoms with Crippen LogP contribution in [0, 0.1) is 0 Å². The van der Waals surface area contributed by atoms with Crippen LogP contribution in [-0.4, -0.2) is 15.8 Å². The van der Waals surface area contributed by atoms with E-state index in [1.807, 2.05) is 36.5 Å². The van der Waals surface area contributed by atoms with E-state index in [9.17, 15) is 4.79 Å². The number of hydrogen-bond acceptors (Lipinski definition) is 3. The molecule has 0 spiro atoms. The third-order valence-corrected chi connectivity index (χ3v) is 4.25. The molecule has 3 rings (SSSR count). The second kappa shape index (κ2) is 5.83. The highest BCUT2D eigenvalue weighted by atomic mass is 79.9. The number of Topliss-reactive ketones (excluding diaryl/α,β-unsaturated/α-hetero) is 1. The van der Waals surface area contributed by atoms with E-state index in [4.69, 9.17) is 0 Å². The second-order valence-corrected chi connectivity index (χ2v) is 6.04. The maximum atomic E-state index is 11.3. The molecule has 20 heavy (non-hydrogen) atoms. The first kappa shape index (κ1) is 13.4. The Morgan fingerprint density at radius 1 is 1.05 bits per heavy atom. The number of carbonyl (C=O) groups excluding carboxylic acids is 1. The molecule has 1 aliphatic carbocycles. The summed E-state index contributed by atoms with van der Waals surface area (Å²) in [5, 5.41) is 0. The quantitative estimate of drug-likeness (QED) is 0.831. The minimum absolute atomic E-state index is 0.322. The molecular formula is C16H15BrN2O. The predicted molar refractivity (Wildman–Crippen MR) is 81.4 cm³/mol. The van der Waals surface area contributed by atoms with E-state index < -0.39 is 0 Å². The molecule has 0 N–H and O–H groups in total. The molecule has 102 valence electrons. The molecule has 1 fully saturated rings. The van der Waals surface area contributed by atoms with Crippen molar-refractivity contribution in [3.8, 4) is 11.3 Å². The second-order valence-electron chi connectivity index (χ2n) is 5.12. The molecule has 1 aromatic carbocycles. The topological polar surface area (TPSA) is 42.9 Å². The molecule has 2 aromatic rings. The number of benzene rings is 1. The van der Waals surface area contributed by atoms with Gasteiger partial charge in [-0.1, -0.05) is 28.1 Å². The van der Waals surface area contributed by atoms with E-state index in [1.165, 1.54) is 0 Å². The van der Waals surface area contributed by atoms with Gasteiger partial charge < -0.3 is 0 Å². The molecule has 1 heterocycles. The minimum Gasteiger partial charge on any atom is -0.300 e. The molecule has 0 bridgehead atoms. The van der Waals surface area contributed by atoms with Gasteiger partial charge >= 0.3 is 0 Å². The summed E-state index contributed by atoms with van der Waals surface area (Å²) in [6, 6.07) is 10.0. The highest BCUT2D eigenvalue weighted by molar-refractivity contribution is 9.10. The number of aromatic nitrogens is 2. The summed E-state index contributed by atoms with van der Waals surface area (Å²) in [7, 11) is 0. The Hall–Kier alpha value is -1.55. The van der Waals surface area contributed by atoms with Crippen LogP contribution in [0.15, 0.2) is 41.0 Å². The van der Waals surface area contributed by atoms with Crippen molar-refractivity contribution in [2.45, 2.75) is 31.6 Å². The van der Waals surface area contributed by atoms with Crippen molar-refractivity contribution in [2.75, 3.05) is 0 Å². The van der Waals surface area contributed by atoms with E-state index in [0.29, 0.717) is 24.5 Å². The number of halogens is 1. The SMILES string of the molecule is O=C1CCC(c2nccc(-c3ccc(Br)cc3)n2)CC1. The van der Waals surface area contributed by atoms with Gasteiger partial charge in [-0.05, 0) is 31.0 Å². The Bertz CT molecular complexity index is 615. The predicted octanol–water partition coefficient (Wildman–Crippen LogP) is 4.13. The van der Waals surface area contributed by atoms with Gasteiger partial charge in [0.25, 0.3) is 0 Å². The maximum Gasteiger partial charge on any atom is 0.132 e. The standard InChI is InChI=1S/C16H15BrN2O/c17-13-5-1-11(2-6-13)15-9-10-18-16(19-15)12-3-7-14(20)8-4-12/h1-2,5-6,9-10,12H,3-4,7-8H2. The third kappa shape index (κ3) is 2.96. The molecule has 0 saturated heterocycles. The van der Waals surface area contributed by atoms with Gasteiger partial charge in [-0.2, -0.15) is 0 Å². The van der Waals surface area contributed by atoms with Crippen molar-refractivity contribution >= 4 is 21.7 Å². The van der Waals surface area contributed by atoms with Gasteiger partial charge in [-0.25, -0.2) is 9.97 Å². The average Bonchev–Trinajstić information content (AvgIpc) is 2.49. The number of hydrogen-bond donors (Lipinski definition) is 0. The third-order valence-electron chi connectivity index (χ3n) is 3.72. The van der Waals surface area contributed by atoms with E-state index in [-0.39, 0.29) is 0 Å². The first-order valence-electron chi connectivity index (χ1n) is 6.83. The van der Waals surface area contributed by atoms with E-state index in [1.54, 1.807) is 0 Å². The van der Waals surface area contributed by atoms with Crippen LogP contribution in [-0.2, 0) is 4.79 Å². The lowest BCUT2D eigenvalue weighted by Gasteiger charge is -2.19. The molecule has 1 aliphatic rings. The van der Waals surface area contributed by atoms with Gasteiger partial charge in [-0.15, -0.1) is 0 Å². The first-order chi connectivity index (χ1) is 9.72. The molecule has 0 unspecified atom stereocenters. The average molecular weight is 331 g/mol. The zero-order chi connectivity index (χ0) is 13.9. The molecule has 0 amide bonds. The molecule has 1 aromatic heterocycles. The summed E-state index contributed by atoms with van der Waals surface area (Å²) in [6.07, 6.45) is 4.90. The van der Waals surface area contributed by atoms with Crippen LogP contribution < -0.4 is 0 Å². The Labute approximate surface area is 126 Å². The fourth-order valence-corrected chi connectivity index (χ4v) is 2.81. The Morgan fingerprint density at radius 3 is 2.45 bits per heavy atom. The molecule has 0 radical (unpaired) electrons. The minimum atomic E-state index is 0.322. The summed E-state index contributed by atoms with van der Waals surface area (Å²) >= 11 is 3.44. The largest absolute Gasteiger partial charge is 0.300 e. The summed E-state index contributed by atoms with van der Waals surface area (Å²) in [5.74, 6) is 1.56. The van der Waals surface area contributed by atoms with Gasteiger partial charge in [0.15, 0.2) is 0 Å². The van der Waals surface area contributed by atoms with Gasteiger partial charge in [0.05, 0.1) is 5.69 Å².